The molecule has 32 heavy (non-hydrogen) atoms. The molecule has 0 saturated carbocycles. The summed E-state index contributed by atoms with van der Waals surface area (Å²) < 4.78 is 16.2. The quantitative estimate of drug-likeness (QED) is 0.285. The van der Waals surface area contributed by atoms with Gasteiger partial charge in [0.25, 0.3) is 0 Å². The van der Waals surface area contributed by atoms with E-state index < -0.39 is 18.3 Å². The zero-order valence-corrected chi connectivity index (χ0v) is 18.2. The Morgan fingerprint density at radius 3 is 2.69 bits per heavy atom. The number of rotatable bonds is 9. The normalized spacial score (nSPS) is 11.7. The molecule has 0 aliphatic rings. The average molecular weight is 435 g/mol. The van der Waals surface area contributed by atoms with Crippen LogP contribution >= 0.6 is 0 Å². The summed E-state index contributed by atoms with van der Waals surface area (Å²) in [7, 11) is 1.49. The summed E-state index contributed by atoms with van der Waals surface area (Å²) in [6.45, 7) is 4.27. The summed E-state index contributed by atoms with van der Waals surface area (Å²) >= 11 is 0. The van der Waals surface area contributed by atoms with E-state index >= 15 is 0 Å². The van der Waals surface area contributed by atoms with Gasteiger partial charge in [0.1, 0.15) is 18.2 Å². The second-order valence-electron chi connectivity index (χ2n) is 7.51. The van der Waals surface area contributed by atoms with Crippen LogP contribution in [0.4, 0.5) is 0 Å². The smallest absolute Gasteiger partial charge is 0.338 e. The molecular formula is C24H25N3O5. The van der Waals surface area contributed by atoms with Crippen molar-refractivity contribution in [1.82, 2.24) is 9.97 Å². The van der Waals surface area contributed by atoms with Crippen molar-refractivity contribution >= 4 is 22.6 Å². The van der Waals surface area contributed by atoms with Crippen LogP contribution in [0.3, 0.4) is 0 Å². The first-order chi connectivity index (χ1) is 15.4. The van der Waals surface area contributed by atoms with E-state index in [1.165, 1.54) is 13.2 Å². The summed E-state index contributed by atoms with van der Waals surface area (Å²) in [6, 6.07) is 13.9. The van der Waals surface area contributed by atoms with E-state index in [2.05, 4.69) is 23.8 Å². The molecule has 0 saturated heterocycles. The fourth-order valence-electron chi connectivity index (χ4n) is 2.93. The van der Waals surface area contributed by atoms with Gasteiger partial charge in [-0.2, -0.15) is 5.26 Å². The summed E-state index contributed by atoms with van der Waals surface area (Å²) in [5.74, 6) is 0.568. The standard InChI is InChI=1S/C24H25N3O5/c1-15(2)10-11-31-21-9-8-16(12-22(21)30-3)24(29)32-14-20(28)17(13-25)23-26-18-6-4-5-7-19(18)27-23/h4-9,12,15,28H,10-11,14H2,1-3H3,(H,26,27)/b20-17-. The predicted molar refractivity (Wildman–Crippen MR) is 119 cm³/mol. The molecule has 1 aromatic heterocycles. The molecule has 0 atom stereocenters. The van der Waals surface area contributed by atoms with Crippen molar-refractivity contribution in [2.45, 2.75) is 20.3 Å². The third kappa shape index (κ3) is 5.38. The number of nitrogens with zero attached hydrogens (tertiary/aromatic N) is 2. The summed E-state index contributed by atoms with van der Waals surface area (Å²) in [5.41, 5.74) is 1.51. The number of benzene rings is 2. The molecule has 0 radical (unpaired) electrons. The zero-order chi connectivity index (χ0) is 23.1. The summed E-state index contributed by atoms with van der Waals surface area (Å²) in [5, 5.41) is 19.8. The van der Waals surface area contributed by atoms with E-state index in [4.69, 9.17) is 14.2 Å². The third-order valence-electron chi connectivity index (χ3n) is 4.72. The van der Waals surface area contributed by atoms with Crippen LogP contribution in [0, 0.1) is 17.2 Å². The minimum Gasteiger partial charge on any atom is -0.507 e. The lowest BCUT2D eigenvalue weighted by molar-refractivity contribution is 0.0502. The molecule has 0 bridgehead atoms. The Morgan fingerprint density at radius 1 is 1.22 bits per heavy atom. The van der Waals surface area contributed by atoms with Gasteiger partial charge in [0, 0.05) is 0 Å². The Labute approximate surface area is 186 Å². The van der Waals surface area contributed by atoms with Crippen molar-refractivity contribution in [3.05, 3.63) is 59.6 Å². The van der Waals surface area contributed by atoms with Crippen molar-refractivity contribution < 1.29 is 24.1 Å². The van der Waals surface area contributed by atoms with E-state index in [0.29, 0.717) is 29.5 Å². The van der Waals surface area contributed by atoms with Gasteiger partial charge < -0.3 is 24.3 Å². The number of aliphatic hydroxyl groups is 1. The molecule has 0 aliphatic carbocycles. The maximum Gasteiger partial charge on any atom is 0.338 e. The largest absolute Gasteiger partial charge is 0.507 e. The number of methoxy groups -OCH3 is 1. The van der Waals surface area contributed by atoms with E-state index in [-0.39, 0.29) is 17.0 Å². The highest BCUT2D eigenvalue weighted by Crippen LogP contribution is 2.29. The second-order valence-corrected chi connectivity index (χ2v) is 7.51. The lowest BCUT2D eigenvalue weighted by Crippen LogP contribution is -2.10. The Kier molecular flexibility index (Phi) is 7.34. The van der Waals surface area contributed by atoms with Gasteiger partial charge in [-0.15, -0.1) is 0 Å². The monoisotopic (exact) mass is 435 g/mol. The number of carbonyl (C=O) groups excluding carboxylic acids is 1. The van der Waals surface area contributed by atoms with Gasteiger partial charge in [-0.05, 0) is 42.7 Å². The summed E-state index contributed by atoms with van der Waals surface area (Å²) in [4.78, 5) is 19.7. The minimum atomic E-state index is -0.675. The fraction of sp³-hybridized carbons (Fsp3) is 0.292. The number of fused-ring (bicyclic) bond motifs is 1. The first kappa shape index (κ1) is 22.7. The van der Waals surface area contributed by atoms with Crippen molar-refractivity contribution in [1.29, 1.82) is 5.26 Å². The molecular weight excluding hydrogens is 410 g/mol. The van der Waals surface area contributed by atoms with Crippen LogP contribution in [0.25, 0.3) is 16.6 Å². The number of carbonyl (C=O) groups is 1. The molecule has 0 unspecified atom stereocenters. The van der Waals surface area contributed by atoms with Gasteiger partial charge in [0.2, 0.25) is 0 Å². The number of hydrogen-bond donors (Lipinski definition) is 2. The maximum absolute atomic E-state index is 12.5. The fourth-order valence-corrected chi connectivity index (χ4v) is 2.93. The molecule has 8 heteroatoms. The lowest BCUT2D eigenvalue weighted by Gasteiger charge is -2.13. The number of hydrogen-bond acceptors (Lipinski definition) is 7. The van der Waals surface area contributed by atoms with Gasteiger partial charge in [-0.25, -0.2) is 9.78 Å². The van der Waals surface area contributed by atoms with E-state index in [1.54, 1.807) is 18.2 Å². The molecule has 0 amide bonds. The number of imidazole rings is 1. The predicted octanol–water partition coefficient (Wildman–Crippen LogP) is 4.65. The number of H-pyrrole nitrogens is 1. The van der Waals surface area contributed by atoms with Gasteiger partial charge in [-0.1, -0.05) is 26.0 Å². The second kappa shape index (κ2) is 10.4. The van der Waals surface area contributed by atoms with E-state index in [9.17, 15) is 15.2 Å². The van der Waals surface area contributed by atoms with Crippen LogP contribution < -0.4 is 9.47 Å². The summed E-state index contributed by atoms with van der Waals surface area (Å²) in [6.07, 6.45) is 0.894. The van der Waals surface area contributed by atoms with Gasteiger partial charge in [0.05, 0.1) is 30.3 Å². The number of allylic oxidation sites excluding steroid dienone is 1. The Balaban J connectivity index is 1.70. The van der Waals surface area contributed by atoms with Crippen LogP contribution in [0.1, 0.15) is 36.5 Å². The van der Waals surface area contributed by atoms with Crippen molar-refractivity contribution in [3.63, 3.8) is 0 Å². The number of aromatic nitrogens is 2. The molecule has 3 aromatic rings. The van der Waals surface area contributed by atoms with Crippen LogP contribution in [0.2, 0.25) is 0 Å². The molecule has 2 N–H and O–H groups in total. The number of aromatic amines is 1. The highest BCUT2D eigenvalue weighted by molar-refractivity contribution is 5.90. The number of esters is 1. The Hall–Kier alpha value is -3.99. The maximum atomic E-state index is 12.5. The molecule has 0 fully saturated rings. The van der Waals surface area contributed by atoms with E-state index in [0.717, 1.165) is 11.9 Å². The Bertz CT molecular complexity index is 1140. The topological polar surface area (TPSA) is 117 Å². The molecule has 0 spiro atoms. The number of aliphatic hydroxyl groups excluding tert-OH is 1. The zero-order valence-electron chi connectivity index (χ0n) is 18.2. The first-order valence-corrected chi connectivity index (χ1v) is 10.2. The minimum absolute atomic E-state index is 0.0968. The number of para-hydroxylation sites is 2. The van der Waals surface area contributed by atoms with Crippen LogP contribution in [0.5, 0.6) is 11.5 Å². The number of ether oxygens (including phenoxy) is 3. The number of nitriles is 1. The van der Waals surface area contributed by atoms with Gasteiger partial charge in [0.15, 0.2) is 23.1 Å². The molecule has 2 aromatic carbocycles. The molecule has 1 heterocycles. The van der Waals surface area contributed by atoms with Crippen LogP contribution in [-0.4, -0.2) is 41.4 Å². The highest BCUT2D eigenvalue weighted by Gasteiger charge is 2.17. The lowest BCUT2D eigenvalue weighted by atomic mass is 10.1. The number of nitrogens with one attached hydrogen (secondary N) is 1. The Morgan fingerprint density at radius 2 is 2.00 bits per heavy atom. The molecule has 8 nitrogen and oxygen atoms in total. The molecule has 0 aliphatic heterocycles. The van der Waals surface area contributed by atoms with Gasteiger partial charge >= 0.3 is 5.97 Å². The van der Waals surface area contributed by atoms with Gasteiger partial charge in [-0.3, -0.25) is 0 Å². The van der Waals surface area contributed by atoms with Crippen molar-refractivity contribution in [3.8, 4) is 17.6 Å². The average Bonchev–Trinajstić information content (AvgIpc) is 3.21. The van der Waals surface area contributed by atoms with Crippen LogP contribution in [-0.2, 0) is 4.74 Å². The van der Waals surface area contributed by atoms with Crippen molar-refractivity contribution in [2.75, 3.05) is 20.3 Å². The molecule has 3 rings (SSSR count). The van der Waals surface area contributed by atoms with E-state index in [1.807, 2.05) is 24.3 Å². The van der Waals surface area contributed by atoms with Crippen molar-refractivity contribution in [2.24, 2.45) is 5.92 Å². The third-order valence-corrected chi connectivity index (χ3v) is 4.72. The van der Waals surface area contributed by atoms with Crippen LogP contribution in [0.15, 0.2) is 48.2 Å². The SMILES string of the molecule is COc1cc(C(=O)OC/C(O)=C(\C#N)c2nc3ccccc3[nH]2)ccc1OCCC(C)C. The molecule has 166 valence electrons. The first-order valence-electron chi connectivity index (χ1n) is 10.2. The highest BCUT2D eigenvalue weighted by atomic mass is 16.5.